The molecule has 4 rings (SSSR count). The van der Waals surface area contributed by atoms with Crippen LogP contribution in [0.2, 0.25) is 0 Å². The van der Waals surface area contributed by atoms with Crippen LogP contribution in [0, 0.1) is 0 Å². The van der Waals surface area contributed by atoms with E-state index in [-0.39, 0.29) is 6.61 Å². The van der Waals surface area contributed by atoms with Gasteiger partial charge in [-0.25, -0.2) is 13.1 Å². The molecule has 2 N–H and O–H groups in total. The summed E-state index contributed by atoms with van der Waals surface area (Å²) in [6, 6.07) is 6.96. The first-order valence-corrected chi connectivity index (χ1v) is 14.7. The smallest absolute Gasteiger partial charge is 0.214 e. The number of benzene rings is 1. The first-order valence-electron chi connectivity index (χ1n) is 13.1. The summed E-state index contributed by atoms with van der Waals surface area (Å²) in [5.41, 5.74) is 0.984. The molecule has 1 aromatic heterocycles. The molecule has 0 spiro atoms. The van der Waals surface area contributed by atoms with Gasteiger partial charge in [-0.05, 0) is 31.9 Å². The van der Waals surface area contributed by atoms with Crippen LogP contribution < -0.4 is 15.3 Å². The van der Waals surface area contributed by atoms with Crippen molar-refractivity contribution < 1.29 is 18.3 Å². The quantitative estimate of drug-likeness (QED) is 0.658. The Morgan fingerprint density at radius 1 is 1.06 bits per heavy atom. The first kappa shape index (κ1) is 26.1. The highest BCUT2D eigenvalue weighted by Gasteiger charge is 2.38. The summed E-state index contributed by atoms with van der Waals surface area (Å²) in [7, 11) is -3.58. The van der Waals surface area contributed by atoms with Crippen molar-refractivity contribution in [3.8, 4) is 0 Å². The van der Waals surface area contributed by atoms with E-state index in [0.29, 0.717) is 19.4 Å². The van der Waals surface area contributed by atoms with Gasteiger partial charge in [-0.3, -0.25) is 0 Å². The SMILES string of the molecule is C=C/C=c1\c(=C/C)c2ccccc2n1[C@@H]1COC[C@H](NS(=O)(=O)C2CCCCCCCCC2)[C@H]1O. The molecular weight excluding hydrogens is 460 g/mol. The van der Waals surface area contributed by atoms with Crippen LogP contribution >= 0.6 is 0 Å². The van der Waals surface area contributed by atoms with Gasteiger partial charge < -0.3 is 14.4 Å². The van der Waals surface area contributed by atoms with Gasteiger partial charge in [0.15, 0.2) is 0 Å². The number of ether oxygens (including phenoxy) is 1. The van der Waals surface area contributed by atoms with Gasteiger partial charge in [0.25, 0.3) is 0 Å². The van der Waals surface area contributed by atoms with Gasteiger partial charge in [-0.1, -0.05) is 81.9 Å². The molecule has 1 aliphatic carbocycles. The van der Waals surface area contributed by atoms with Crippen molar-refractivity contribution in [2.24, 2.45) is 0 Å². The second kappa shape index (κ2) is 11.9. The maximum absolute atomic E-state index is 13.4. The largest absolute Gasteiger partial charge is 0.389 e. The van der Waals surface area contributed by atoms with Crippen molar-refractivity contribution in [2.45, 2.75) is 88.1 Å². The van der Waals surface area contributed by atoms with E-state index in [9.17, 15) is 13.5 Å². The van der Waals surface area contributed by atoms with E-state index in [2.05, 4.69) is 28.0 Å². The number of aliphatic hydroxyl groups excluding tert-OH is 1. The average Bonchev–Trinajstić information content (AvgIpc) is 3.16. The van der Waals surface area contributed by atoms with Crippen LogP contribution in [0.1, 0.15) is 70.8 Å². The van der Waals surface area contributed by atoms with Crippen LogP contribution in [-0.4, -0.2) is 48.7 Å². The van der Waals surface area contributed by atoms with Gasteiger partial charge in [0.05, 0.1) is 36.7 Å². The molecule has 2 aromatic rings. The molecule has 0 unspecified atom stereocenters. The fourth-order valence-electron chi connectivity index (χ4n) is 5.75. The number of nitrogens with one attached hydrogen (secondary N) is 1. The first-order chi connectivity index (χ1) is 17.0. The Morgan fingerprint density at radius 3 is 2.37 bits per heavy atom. The van der Waals surface area contributed by atoms with E-state index < -0.39 is 33.5 Å². The number of hydrogen-bond acceptors (Lipinski definition) is 4. The Balaban J connectivity index is 1.63. The molecular formula is C28H40N2O4S. The highest BCUT2D eigenvalue weighted by atomic mass is 32.2. The van der Waals surface area contributed by atoms with E-state index in [4.69, 9.17) is 4.74 Å². The molecule has 0 radical (unpaired) electrons. The molecule has 192 valence electrons. The Hall–Kier alpha value is -1.93. The van der Waals surface area contributed by atoms with Crippen molar-refractivity contribution in [3.05, 3.63) is 47.5 Å². The number of aliphatic hydroxyl groups is 1. The predicted octanol–water partition coefficient (Wildman–Crippen LogP) is 3.52. The van der Waals surface area contributed by atoms with Crippen molar-refractivity contribution in [1.82, 2.24) is 9.29 Å². The summed E-state index contributed by atoms with van der Waals surface area (Å²) >= 11 is 0. The van der Waals surface area contributed by atoms with E-state index >= 15 is 0 Å². The van der Waals surface area contributed by atoms with E-state index in [0.717, 1.165) is 47.2 Å². The second-order valence-corrected chi connectivity index (χ2v) is 11.9. The standard InChI is InChI=1S/C28H40N2O4S/c1-3-14-25-22(4-2)23-17-12-13-18-26(23)30(25)27-20-34-19-24(28(27)31)29-35(32,33)21-15-10-8-6-5-7-9-11-16-21/h3-4,12-14,17-18,21,24,27-29,31H,1,5-11,15-16,19-20H2,2H3/b22-4-,25-14+/t24-,27+,28+/m0/s1. The lowest BCUT2D eigenvalue weighted by molar-refractivity contribution is -0.0481. The number of hydrogen-bond donors (Lipinski definition) is 2. The van der Waals surface area contributed by atoms with E-state index in [1.165, 1.54) is 19.3 Å². The van der Waals surface area contributed by atoms with Gasteiger partial charge in [-0.2, -0.15) is 0 Å². The molecule has 3 atom stereocenters. The Labute approximate surface area is 209 Å². The van der Waals surface area contributed by atoms with Crippen LogP contribution in [0.25, 0.3) is 23.1 Å². The Kier molecular flexibility index (Phi) is 8.87. The molecule has 2 aliphatic rings. The third-order valence-electron chi connectivity index (χ3n) is 7.58. The highest BCUT2D eigenvalue weighted by molar-refractivity contribution is 7.90. The summed E-state index contributed by atoms with van der Waals surface area (Å²) in [5, 5.41) is 14.2. The molecule has 7 heteroatoms. The molecule has 0 bridgehead atoms. The lowest BCUT2D eigenvalue weighted by Crippen LogP contribution is -2.56. The van der Waals surface area contributed by atoms with Gasteiger partial charge >= 0.3 is 0 Å². The number of rotatable bonds is 5. The monoisotopic (exact) mass is 500 g/mol. The molecule has 2 fully saturated rings. The van der Waals surface area contributed by atoms with Crippen molar-refractivity contribution in [3.63, 3.8) is 0 Å². The summed E-state index contributed by atoms with van der Waals surface area (Å²) in [6.45, 7) is 6.35. The van der Waals surface area contributed by atoms with Crippen LogP contribution in [0.15, 0.2) is 36.9 Å². The molecule has 1 saturated heterocycles. The predicted molar refractivity (Wildman–Crippen MR) is 143 cm³/mol. The molecule has 0 amide bonds. The fourth-order valence-corrected chi connectivity index (χ4v) is 7.53. The van der Waals surface area contributed by atoms with Crippen LogP contribution in [0.5, 0.6) is 0 Å². The third kappa shape index (κ3) is 5.74. The summed E-state index contributed by atoms with van der Waals surface area (Å²) in [5.74, 6) is 0. The molecule has 1 aliphatic heterocycles. The highest BCUT2D eigenvalue weighted by Crippen LogP contribution is 2.26. The topological polar surface area (TPSA) is 80.6 Å². The zero-order chi connectivity index (χ0) is 24.8. The fraction of sp³-hybridized carbons (Fsp3) is 0.571. The summed E-state index contributed by atoms with van der Waals surface area (Å²) in [4.78, 5) is 0. The number of para-hydroxylation sites is 1. The van der Waals surface area contributed by atoms with Crippen molar-refractivity contribution in [1.29, 1.82) is 0 Å². The summed E-state index contributed by atoms with van der Waals surface area (Å²) in [6.07, 6.45) is 13.8. The van der Waals surface area contributed by atoms with Crippen molar-refractivity contribution in [2.75, 3.05) is 13.2 Å². The Bertz CT molecular complexity index is 1220. The van der Waals surface area contributed by atoms with Gasteiger partial charge in [0.2, 0.25) is 10.0 Å². The second-order valence-electron chi connectivity index (χ2n) is 9.92. The van der Waals surface area contributed by atoms with Crippen molar-refractivity contribution >= 4 is 33.1 Å². The maximum atomic E-state index is 13.4. The lowest BCUT2D eigenvalue weighted by Gasteiger charge is -2.37. The van der Waals surface area contributed by atoms with Crippen LogP contribution in [-0.2, 0) is 14.8 Å². The maximum Gasteiger partial charge on any atom is 0.214 e. The van der Waals surface area contributed by atoms with Gasteiger partial charge in [0.1, 0.15) is 0 Å². The van der Waals surface area contributed by atoms with Crippen LogP contribution in [0.4, 0.5) is 0 Å². The Morgan fingerprint density at radius 2 is 1.71 bits per heavy atom. The zero-order valence-electron chi connectivity index (χ0n) is 20.9. The number of allylic oxidation sites excluding steroid dienone is 1. The lowest BCUT2D eigenvalue weighted by atomic mass is 10.0. The molecule has 1 aromatic carbocycles. The third-order valence-corrected chi connectivity index (χ3v) is 9.56. The average molecular weight is 501 g/mol. The minimum Gasteiger partial charge on any atom is -0.389 e. The molecule has 1 saturated carbocycles. The number of sulfonamides is 1. The summed E-state index contributed by atoms with van der Waals surface area (Å²) < 4.78 is 37.7. The normalized spacial score (nSPS) is 26.7. The minimum absolute atomic E-state index is 0.163. The number of fused-ring (bicyclic) bond motifs is 1. The molecule has 6 nitrogen and oxygen atoms in total. The number of aromatic nitrogens is 1. The number of nitrogens with zero attached hydrogens (tertiary/aromatic N) is 1. The van der Waals surface area contributed by atoms with Gasteiger partial charge in [-0.15, -0.1) is 0 Å². The molecule has 2 heterocycles. The van der Waals surface area contributed by atoms with E-state index in [1.807, 2.05) is 31.2 Å². The minimum atomic E-state index is -3.58. The zero-order valence-corrected chi connectivity index (χ0v) is 21.7. The van der Waals surface area contributed by atoms with E-state index in [1.54, 1.807) is 6.08 Å². The van der Waals surface area contributed by atoms with Crippen LogP contribution in [0.3, 0.4) is 0 Å². The van der Waals surface area contributed by atoms with Gasteiger partial charge in [0, 0.05) is 21.5 Å². The molecule has 35 heavy (non-hydrogen) atoms.